The quantitative estimate of drug-likeness (QED) is 0.172. The minimum absolute atomic E-state index is 0.132. The lowest BCUT2D eigenvalue weighted by Crippen LogP contribution is -2.33. The predicted octanol–water partition coefficient (Wildman–Crippen LogP) is 16.8. The van der Waals surface area contributed by atoms with Crippen LogP contribution in [0.2, 0.25) is 0 Å². The van der Waals surface area contributed by atoms with Gasteiger partial charge in [0, 0.05) is 38.7 Å². The molecule has 67 heavy (non-hydrogen) atoms. The van der Waals surface area contributed by atoms with E-state index in [0.29, 0.717) is 0 Å². The van der Waals surface area contributed by atoms with E-state index in [-0.39, 0.29) is 5.41 Å². The molecule has 1 unspecified atom stereocenters. The van der Waals surface area contributed by atoms with Gasteiger partial charge in [-0.3, -0.25) is 0 Å². The van der Waals surface area contributed by atoms with Gasteiger partial charge in [-0.05, 0) is 142 Å². The lowest BCUT2D eigenvalue weighted by molar-refractivity contribution is 0.468. The van der Waals surface area contributed by atoms with E-state index >= 15 is 0 Å². The Labute approximate surface area is 390 Å². The van der Waals surface area contributed by atoms with Crippen LogP contribution >= 0.6 is 0 Å². The molecule has 3 nitrogen and oxygen atoms in total. The van der Waals surface area contributed by atoms with Crippen molar-refractivity contribution in [3.05, 3.63) is 251 Å². The number of furan rings is 1. The number of aryl methyl sites for hydroxylation is 2. The van der Waals surface area contributed by atoms with Crippen LogP contribution in [0, 0.1) is 13.8 Å². The summed E-state index contributed by atoms with van der Waals surface area (Å²) in [6.07, 6.45) is 1.88. The topological polar surface area (TPSA) is 21.3 Å². The van der Waals surface area contributed by atoms with Gasteiger partial charge in [-0.15, -0.1) is 0 Å². The van der Waals surface area contributed by atoms with Crippen molar-refractivity contribution in [3.63, 3.8) is 0 Å². The third kappa shape index (κ3) is 5.12. The fraction of sp³-hybridized carbons (Fsp3) is 0.0938. The van der Waals surface area contributed by atoms with Crippen molar-refractivity contribution in [2.24, 2.45) is 0 Å². The van der Waals surface area contributed by atoms with Gasteiger partial charge in [-0.25, -0.2) is 0 Å². The Balaban J connectivity index is 0.969. The average molecular weight is 859 g/mol. The summed E-state index contributed by atoms with van der Waals surface area (Å²) < 4.78 is 9.27. The van der Waals surface area contributed by atoms with Crippen LogP contribution in [0.1, 0.15) is 58.6 Å². The van der Waals surface area contributed by atoms with Crippen LogP contribution in [-0.2, 0) is 10.8 Å². The summed E-state index contributed by atoms with van der Waals surface area (Å²) in [7, 11) is 0. The van der Waals surface area contributed by atoms with Crippen LogP contribution < -0.4 is 4.90 Å². The fourth-order valence-corrected chi connectivity index (χ4v) is 12.4. The summed E-state index contributed by atoms with van der Waals surface area (Å²) in [5.74, 6) is 0.996. The van der Waals surface area contributed by atoms with Crippen LogP contribution in [0.15, 0.2) is 211 Å². The zero-order valence-electron chi connectivity index (χ0n) is 37.9. The molecule has 318 valence electrons. The molecule has 0 saturated carbocycles. The second kappa shape index (κ2) is 13.7. The largest absolute Gasteiger partial charge is 0.467 e. The molecular formula is C64H46N2O. The maximum atomic E-state index is 6.75. The van der Waals surface area contributed by atoms with Crippen molar-refractivity contribution in [1.82, 2.24) is 4.57 Å². The van der Waals surface area contributed by atoms with E-state index in [1.54, 1.807) is 0 Å². The van der Waals surface area contributed by atoms with E-state index in [4.69, 9.17) is 4.42 Å². The number of nitrogens with zero attached hydrogens (tertiary/aromatic N) is 2. The lowest BCUT2D eigenvalue weighted by atomic mass is 9.67. The standard InChI is InChI=1S/C64H46N2O/c1-39-22-30-59-51(34-39)52-35-40(2)36-57-61(52)66(59)60-31-25-43(37-56(60)64(57)54-20-12-9-18-48(54)50-32-33-67-62(50)64)41-23-26-44(27-24-41)65(58-21-13-10-16-46(58)42-14-6-5-7-15-42)45-28-29-49-47-17-8-11-19-53(47)63(3,4)55(49)38-45/h5-38H,1-4H3. The minimum atomic E-state index is -0.649. The van der Waals surface area contributed by atoms with Crippen LogP contribution in [0.25, 0.3) is 72.0 Å². The Morgan fingerprint density at radius 1 is 0.433 bits per heavy atom. The molecule has 0 saturated heterocycles. The average Bonchev–Trinajstić information content (AvgIpc) is 4.10. The molecule has 0 bridgehead atoms. The summed E-state index contributed by atoms with van der Waals surface area (Å²) in [5, 5.41) is 2.56. The molecule has 1 spiro atoms. The highest BCUT2D eigenvalue weighted by Gasteiger charge is 2.53. The van der Waals surface area contributed by atoms with Crippen LogP contribution in [0.3, 0.4) is 0 Å². The summed E-state index contributed by atoms with van der Waals surface area (Å²) in [5.41, 5.74) is 25.0. The van der Waals surface area contributed by atoms with Gasteiger partial charge in [-0.1, -0.05) is 158 Å². The fourth-order valence-electron chi connectivity index (χ4n) is 12.4. The molecule has 1 aliphatic heterocycles. The van der Waals surface area contributed by atoms with Crippen molar-refractivity contribution in [2.75, 3.05) is 4.90 Å². The first-order valence-electron chi connectivity index (χ1n) is 23.5. The second-order valence-corrected chi connectivity index (χ2v) is 19.4. The van der Waals surface area contributed by atoms with Gasteiger partial charge < -0.3 is 13.9 Å². The number of fused-ring (bicyclic) bond motifs is 15. The molecule has 0 amide bonds. The minimum Gasteiger partial charge on any atom is -0.467 e. The van der Waals surface area contributed by atoms with Crippen molar-refractivity contribution < 1.29 is 4.42 Å². The molecule has 9 aromatic carbocycles. The maximum absolute atomic E-state index is 6.75. The SMILES string of the molecule is Cc1ccc2c(c1)c1cc(C)cc3c1n2-c1ccc(-c2ccc(N(c4ccc5c(c4)C(C)(C)c4ccccc4-5)c4ccccc4-c4ccccc4)cc2)cc1C31c2ccccc2-c2ccoc21. The van der Waals surface area contributed by atoms with Gasteiger partial charge >= 0.3 is 0 Å². The van der Waals surface area contributed by atoms with Crippen LogP contribution in [-0.4, -0.2) is 4.57 Å². The number of para-hydroxylation sites is 1. The molecule has 0 radical (unpaired) electrons. The van der Waals surface area contributed by atoms with Gasteiger partial charge in [0.1, 0.15) is 11.2 Å². The number of anilines is 3. The van der Waals surface area contributed by atoms with Gasteiger partial charge in [0.05, 0.1) is 28.7 Å². The number of hydrogen-bond acceptors (Lipinski definition) is 2. The summed E-state index contributed by atoms with van der Waals surface area (Å²) in [6, 6.07) is 74.7. The van der Waals surface area contributed by atoms with Crippen LogP contribution in [0.4, 0.5) is 17.1 Å². The van der Waals surface area contributed by atoms with Crippen molar-refractivity contribution >= 4 is 38.9 Å². The normalized spacial score (nSPS) is 15.6. The highest BCUT2D eigenvalue weighted by atomic mass is 16.3. The zero-order valence-corrected chi connectivity index (χ0v) is 37.9. The summed E-state index contributed by atoms with van der Waals surface area (Å²) in [4.78, 5) is 2.45. The third-order valence-corrected chi connectivity index (χ3v) is 15.3. The Morgan fingerprint density at radius 3 is 1.93 bits per heavy atom. The first kappa shape index (κ1) is 38.2. The molecule has 1 atom stereocenters. The molecule has 0 N–H and O–H groups in total. The Morgan fingerprint density at radius 2 is 1.10 bits per heavy atom. The Bertz CT molecular complexity index is 3860. The highest BCUT2D eigenvalue weighted by Crippen LogP contribution is 2.62. The van der Waals surface area contributed by atoms with E-state index in [0.717, 1.165) is 33.9 Å². The zero-order chi connectivity index (χ0) is 44.8. The number of benzene rings is 9. The van der Waals surface area contributed by atoms with Crippen molar-refractivity contribution in [2.45, 2.75) is 38.5 Å². The van der Waals surface area contributed by atoms with Gasteiger partial charge in [0.25, 0.3) is 0 Å². The van der Waals surface area contributed by atoms with Gasteiger partial charge in [-0.2, -0.15) is 0 Å². The van der Waals surface area contributed by atoms with E-state index in [9.17, 15) is 0 Å². The molecular weight excluding hydrogens is 813 g/mol. The smallest absolute Gasteiger partial charge is 0.131 e. The summed E-state index contributed by atoms with van der Waals surface area (Å²) in [6.45, 7) is 9.16. The number of rotatable bonds is 5. The van der Waals surface area contributed by atoms with E-state index in [1.807, 2.05) is 6.26 Å². The van der Waals surface area contributed by atoms with Crippen molar-refractivity contribution in [3.8, 4) is 50.2 Å². The molecule has 0 fully saturated rings. The molecule has 11 aromatic rings. The molecule has 3 heteroatoms. The van der Waals surface area contributed by atoms with Gasteiger partial charge in [0.2, 0.25) is 0 Å². The molecule has 14 rings (SSSR count). The molecule has 2 aliphatic carbocycles. The summed E-state index contributed by atoms with van der Waals surface area (Å²) >= 11 is 0. The van der Waals surface area contributed by atoms with E-state index in [1.165, 1.54) is 99.8 Å². The third-order valence-electron chi connectivity index (χ3n) is 15.3. The van der Waals surface area contributed by atoms with Crippen molar-refractivity contribution in [1.29, 1.82) is 0 Å². The Kier molecular flexibility index (Phi) is 7.80. The lowest BCUT2D eigenvalue weighted by Gasteiger charge is -2.38. The predicted molar refractivity (Wildman–Crippen MR) is 277 cm³/mol. The van der Waals surface area contributed by atoms with E-state index < -0.39 is 5.41 Å². The van der Waals surface area contributed by atoms with Gasteiger partial charge in [0.15, 0.2) is 0 Å². The first-order chi connectivity index (χ1) is 32.8. The Hall–Kier alpha value is -8.14. The maximum Gasteiger partial charge on any atom is 0.131 e. The highest BCUT2D eigenvalue weighted by molar-refractivity contribution is 6.13. The second-order valence-electron chi connectivity index (χ2n) is 19.4. The molecule has 2 aromatic heterocycles. The van der Waals surface area contributed by atoms with E-state index in [2.05, 4.69) is 237 Å². The number of hydrogen-bond donors (Lipinski definition) is 0. The number of aromatic nitrogens is 1. The van der Waals surface area contributed by atoms with Crippen LogP contribution in [0.5, 0.6) is 0 Å². The first-order valence-corrected chi connectivity index (χ1v) is 23.5. The monoisotopic (exact) mass is 858 g/mol. The molecule has 3 heterocycles. The molecule has 3 aliphatic rings.